The molecule has 82 valence electrons. The molecule has 0 unspecified atom stereocenters. The second-order valence-electron chi connectivity index (χ2n) is 0. The molecule has 0 aliphatic rings. The molecule has 0 spiro atoms. The van der Waals surface area contributed by atoms with Gasteiger partial charge in [-0.05, 0) is 0 Å². The summed E-state index contributed by atoms with van der Waals surface area (Å²) in [4.78, 5) is 0. The van der Waals surface area contributed by atoms with Crippen LogP contribution in [0.15, 0.2) is 0 Å². The van der Waals surface area contributed by atoms with Gasteiger partial charge in [-0.1, -0.05) is 0 Å². The van der Waals surface area contributed by atoms with E-state index in [1.807, 2.05) is 0 Å². The fraction of sp³-hybridized carbons (Fsp3) is 0. The predicted molar refractivity (Wildman–Crippen MR) is 17.7 cm³/mol. The van der Waals surface area contributed by atoms with Crippen LogP contribution in [0, 0.1) is 0 Å². The molecule has 0 amide bonds. The molecule has 0 aromatic rings. The third-order valence-corrected chi connectivity index (χ3v) is 0. The van der Waals surface area contributed by atoms with Gasteiger partial charge in [0, 0.05) is 37.1 Å². The average molecular weight is 483 g/mol. The average Bonchev–Trinajstić information content (AvgIpc) is 0. The Kier molecular flexibility index (Phi) is 19000. The Bertz CT molecular complexity index is 15.6. The summed E-state index contributed by atoms with van der Waals surface area (Å²) in [5.41, 5.74) is 0. The summed E-state index contributed by atoms with van der Waals surface area (Å²) < 4.78 is 0. The summed E-state index contributed by atoms with van der Waals surface area (Å²) in [6, 6.07) is 0. The van der Waals surface area contributed by atoms with Crippen molar-refractivity contribution in [2.45, 2.75) is 0 Å². The summed E-state index contributed by atoms with van der Waals surface area (Å²) in [6.07, 6.45) is 0. The predicted octanol–water partition coefficient (Wildman–Crippen LogP) is -1.84. The van der Waals surface area contributed by atoms with Crippen molar-refractivity contribution in [2.24, 2.45) is 0 Å². The summed E-state index contributed by atoms with van der Waals surface area (Å²) in [5, 5.41) is 0. The molecule has 0 aliphatic heterocycles. The molecule has 0 atom stereocenters. The molecule has 9 nitrogen and oxygen atoms in total. The molecule has 0 fully saturated rings. The molecule has 13 heavy (non-hydrogen) atoms. The largest absolute Gasteiger partial charge is 4.00 e. The molecule has 0 heterocycles. The van der Waals surface area contributed by atoms with Gasteiger partial charge in [0.15, 0.2) is 0 Å². The monoisotopic (exact) mass is 486 g/mol. The molecular weight excluding hydrogens is 483 g/mol. The van der Waals surface area contributed by atoms with E-state index in [0.29, 0.717) is 0 Å². The number of rotatable bonds is 0. The van der Waals surface area contributed by atoms with E-state index in [2.05, 4.69) is 0 Å². The van der Waals surface area contributed by atoms with E-state index < -0.39 is 0 Å². The van der Waals surface area contributed by atoms with E-state index in [1.165, 1.54) is 0 Å². The minimum atomic E-state index is 0. The molecule has 0 rings (SSSR count). The Hall–Kier alpha value is 2.41. The van der Waals surface area contributed by atoms with Crippen molar-refractivity contribution in [1.82, 2.24) is 0 Å². The third-order valence-electron chi connectivity index (χ3n) is 0. The standard InChI is InChI=1S/9O.2Sn.2V/q9*-2;2*+4;;. The smallest absolute Gasteiger partial charge is 2.00 e. The van der Waals surface area contributed by atoms with Crippen molar-refractivity contribution >= 4 is 47.8 Å². The minimum Gasteiger partial charge on any atom is -2.00 e. The zero-order chi connectivity index (χ0) is 0. The SMILES string of the molecule is [O-2].[O-2].[O-2].[O-2].[O-2].[O-2].[O-2].[O-2].[O-2].[Sn+4].[Sn+4].[V].[V]. The molecule has 0 N–H and O–H groups in total. The summed E-state index contributed by atoms with van der Waals surface area (Å²) in [7, 11) is 0. The molecule has 0 bridgehead atoms. The normalized spacial score (nSPS) is 0. The van der Waals surface area contributed by atoms with E-state index in [-0.39, 0.29) is 134 Å². The first kappa shape index (κ1) is 552. The van der Waals surface area contributed by atoms with Crippen LogP contribution in [0.1, 0.15) is 0 Å². The van der Waals surface area contributed by atoms with Gasteiger partial charge in [0.05, 0.1) is 0 Å². The molecule has 0 saturated carbocycles. The molecule has 0 aliphatic carbocycles. The quantitative estimate of drug-likeness (QED) is 0.344. The zero-order valence-corrected chi connectivity index (χ0v) is 14.1. The van der Waals surface area contributed by atoms with Crippen LogP contribution in [-0.2, 0) is 86.4 Å². The summed E-state index contributed by atoms with van der Waals surface area (Å²) in [6.45, 7) is 0. The van der Waals surface area contributed by atoms with Crippen LogP contribution in [0.25, 0.3) is 0 Å². The third kappa shape index (κ3) is 383. The summed E-state index contributed by atoms with van der Waals surface area (Å²) in [5.74, 6) is 0. The van der Waals surface area contributed by atoms with Crippen LogP contribution in [0.2, 0.25) is 0 Å². The topological polar surface area (TPSA) is 256 Å². The fourth-order valence-corrected chi connectivity index (χ4v) is 0. The molecule has 0 aromatic carbocycles. The van der Waals surface area contributed by atoms with E-state index in [0.717, 1.165) is 0 Å². The van der Waals surface area contributed by atoms with Gasteiger partial charge in [-0.15, -0.1) is 0 Å². The Balaban J connectivity index is 0. The van der Waals surface area contributed by atoms with Gasteiger partial charge >= 0.3 is 47.8 Å². The Morgan fingerprint density at radius 3 is 0.231 bits per heavy atom. The Morgan fingerprint density at radius 2 is 0.231 bits per heavy atom. The van der Waals surface area contributed by atoms with Crippen molar-refractivity contribution in [2.75, 3.05) is 0 Å². The van der Waals surface area contributed by atoms with Crippen molar-refractivity contribution in [3.05, 3.63) is 0 Å². The van der Waals surface area contributed by atoms with Gasteiger partial charge < -0.3 is 49.3 Å². The molecule has 0 aromatic heterocycles. The minimum absolute atomic E-state index is 0. The van der Waals surface area contributed by atoms with Crippen LogP contribution >= 0.6 is 0 Å². The number of hydrogen-bond donors (Lipinski definition) is 0. The van der Waals surface area contributed by atoms with Crippen LogP contribution in [0.5, 0.6) is 0 Å². The van der Waals surface area contributed by atoms with Gasteiger partial charge in [-0.25, -0.2) is 0 Å². The van der Waals surface area contributed by atoms with Crippen molar-refractivity contribution < 1.29 is 86.4 Å². The second-order valence-corrected chi connectivity index (χ2v) is 0. The van der Waals surface area contributed by atoms with Crippen molar-refractivity contribution in [1.29, 1.82) is 0 Å². The first-order valence-corrected chi connectivity index (χ1v) is 0. The van der Waals surface area contributed by atoms with E-state index in [4.69, 9.17) is 0 Å². The Morgan fingerprint density at radius 1 is 0.231 bits per heavy atom. The summed E-state index contributed by atoms with van der Waals surface area (Å²) >= 11 is 0. The van der Waals surface area contributed by atoms with Crippen LogP contribution in [0.3, 0.4) is 0 Å². The zero-order valence-electron chi connectivity index (χ0n) is 5.57. The van der Waals surface area contributed by atoms with Crippen molar-refractivity contribution in [3.63, 3.8) is 0 Å². The van der Waals surface area contributed by atoms with Crippen molar-refractivity contribution in [3.8, 4) is 0 Å². The van der Waals surface area contributed by atoms with Gasteiger partial charge in [-0.3, -0.25) is 0 Å². The fourth-order valence-electron chi connectivity index (χ4n) is 0. The maximum absolute atomic E-state index is 0. The molecule has 2 radical (unpaired) electrons. The van der Waals surface area contributed by atoms with E-state index >= 15 is 0 Å². The number of hydrogen-bond acceptors (Lipinski definition) is 0. The molecular formula is O9Sn2V2-10. The van der Waals surface area contributed by atoms with Gasteiger partial charge in [-0.2, -0.15) is 0 Å². The van der Waals surface area contributed by atoms with E-state index in [9.17, 15) is 0 Å². The first-order valence-electron chi connectivity index (χ1n) is 0. The van der Waals surface area contributed by atoms with E-state index in [1.54, 1.807) is 0 Å². The maximum atomic E-state index is 0. The van der Waals surface area contributed by atoms with Gasteiger partial charge in [0.2, 0.25) is 0 Å². The maximum Gasteiger partial charge on any atom is 4.00 e. The van der Waals surface area contributed by atoms with Crippen LogP contribution in [-0.4, -0.2) is 47.8 Å². The van der Waals surface area contributed by atoms with Crippen LogP contribution < -0.4 is 0 Å². The molecule has 0 saturated heterocycles. The Labute approximate surface area is 133 Å². The molecule has 13 heteroatoms. The second kappa shape index (κ2) is 447. The van der Waals surface area contributed by atoms with Gasteiger partial charge in [0.1, 0.15) is 0 Å². The van der Waals surface area contributed by atoms with Crippen LogP contribution in [0.4, 0.5) is 0 Å². The van der Waals surface area contributed by atoms with Gasteiger partial charge in [0.25, 0.3) is 0 Å². The first-order chi connectivity index (χ1) is 0.